The molecule has 2 N–H and O–H groups in total. The van der Waals surface area contributed by atoms with Crippen LogP contribution in [-0.4, -0.2) is 17.2 Å². The van der Waals surface area contributed by atoms with Crippen LogP contribution in [0.2, 0.25) is 0 Å². The van der Waals surface area contributed by atoms with Gasteiger partial charge in [-0.2, -0.15) is 0 Å². The van der Waals surface area contributed by atoms with Gasteiger partial charge in [-0.05, 0) is 56.2 Å². The van der Waals surface area contributed by atoms with Crippen LogP contribution < -0.4 is 10.6 Å². The summed E-state index contributed by atoms with van der Waals surface area (Å²) in [5, 5.41) is 8.09. The van der Waals surface area contributed by atoms with Gasteiger partial charge in [0.25, 0.3) is 0 Å². The zero-order valence-corrected chi connectivity index (χ0v) is 12.1. The summed E-state index contributed by atoms with van der Waals surface area (Å²) in [6.07, 6.45) is 13.9. The van der Waals surface area contributed by atoms with Crippen molar-refractivity contribution in [3.8, 4) is 0 Å². The lowest BCUT2D eigenvalue weighted by molar-refractivity contribution is 0.386. The SMILES string of the molecule is S=C(NC1CCCCCC1)NC1CC2CCC1C2. The van der Waals surface area contributed by atoms with Crippen molar-refractivity contribution in [2.75, 3.05) is 0 Å². The molecule has 0 aromatic heterocycles. The Labute approximate surface area is 116 Å². The summed E-state index contributed by atoms with van der Waals surface area (Å²) in [4.78, 5) is 0. The molecule has 2 nitrogen and oxygen atoms in total. The third-order valence-corrected chi connectivity index (χ3v) is 5.48. The summed E-state index contributed by atoms with van der Waals surface area (Å²) in [5.41, 5.74) is 0. The van der Waals surface area contributed by atoms with Crippen molar-refractivity contribution in [2.24, 2.45) is 11.8 Å². The van der Waals surface area contributed by atoms with E-state index in [1.165, 1.54) is 64.2 Å². The molecule has 3 heteroatoms. The maximum absolute atomic E-state index is 5.51. The molecule has 3 saturated carbocycles. The van der Waals surface area contributed by atoms with Crippen LogP contribution in [0.1, 0.15) is 64.2 Å². The van der Waals surface area contributed by atoms with Crippen LogP contribution in [0.4, 0.5) is 0 Å². The fourth-order valence-electron chi connectivity index (χ4n) is 4.24. The van der Waals surface area contributed by atoms with E-state index in [0.29, 0.717) is 12.1 Å². The van der Waals surface area contributed by atoms with Gasteiger partial charge in [-0.15, -0.1) is 0 Å². The molecule has 3 aliphatic rings. The third-order valence-electron chi connectivity index (χ3n) is 5.24. The molecule has 102 valence electrons. The van der Waals surface area contributed by atoms with Crippen molar-refractivity contribution >= 4 is 17.3 Å². The molecule has 0 aliphatic heterocycles. The number of thiocarbonyl (C=S) groups is 1. The highest BCUT2D eigenvalue weighted by Crippen LogP contribution is 2.44. The number of fused-ring (bicyclic) bond motifs is 2. The van der Waals surface area contributed by atoms with Gasteiger partial charge in [-0.1, -0.05) is 32.1 Å². The molecule has 18 heavy (non-hydrogen) atoms. The van der Waals surface area contributed by atoms with Crippen molar-refractivity contribution < 1.29 is 0 Å². The van der Waals surface area contributed by atoms with Crippen LogP contribution in [0.25, 0.3) is 0 Å². The molecule has 3 aliphatic carbocycles. The summed E-state index contributed by atoms with van der Waals surface area (Å²) in [6.45, 7) is 0. The van der Waals surface area contributed by atoms with Crippen molar-refractivity contribution in [2.45, 2.75) is 76.3 Å². The normalized spacial score (nSPS) is 36.3. The van der Waals surface area contributed by atoms with Crippen LogP contribution >= 0.6 is 12.2 Å². The molecule has 0 heterocycles. The second-order valence-electron chi connectivity index (χ2n) is 6.59. The monoisotopic (exact) mass is 266 g/mol. The molecule has 3 fully saturated rings. The average molecular weight is 266 g/mol. The smallest absolute Gasteiger partial charge is 0.166 e. The highest BCUT2D eigenvalue weighted by atomic mass is 32.1. The molecule has 0 aromatic carbocycles. The maximum atomic E-state index is 5.51. The minimum atomic E-state index is 0.631. The number of nitrogens with one attached hydrogen (secondary N) is 2. The molecule has 0 aromatic rings. The van der Waals surface area contributed by atoms with Crippen LogP contribution in [0, 0.1) is 11.8 Å². The quantitative estimate of drug-likeness (QED) is 0.592. The summed E-state index contributed by atoms with van der Waals surface area (Å²) in [7, 11) is 0. The first-order valence-corrected chi connectivity index (χ1v) is 8.29. The van der Waals surface area contributed by atoms with Gasteiger partial charge in [0.15, 0.2) is 5.11 Å². The Bertz CT molecular complexity index is 297. The Morgan fingerprint density at radius 3 is 2.22 bits per heavy atom. The first-order chi connectivity index (χ1) is 8.81. The predicted octanol–water partition coefficient (Wildman–Crippen LogP) is 3.36. The molecule has 0 spiro atoms. The van der Waals surface area contributed by atoms with Crippen molar-refractivity contribution in [3.05, 3.63) is 0 Å². The van der Waals surface area contributed by atoms with E-state index < -0.39 is 0 Å². The fourth-order valence-corrected chi connectivity index (χ4v) is 4.56. The lowest BCUT2D eigenvalue weighted by Gasteiger charge is -2.26. The third kappa shape index (κ3) is 2.98. The lowest BCUT2D eigenvalue weighted by atomic mass is 9.95. The van der Waals surface area contributed by atoms with Crippen LogP contribution in [0.3, 0.4) is 0 Å². The molecule has 3 atom stereocenters. The Kier molecular flexibility index (Phi) is 4.07. The van der Waals surface area contributed by atoms with E-state index in [1.807, 2.05) is 0 Å². The number of hydrogen-bond acceptors (Lipinski definition) is 1. The van der Waals surface area contributed by atoms with E-state index in [1.54, 1.807) is 0 Å². The number of rotatable bonds is 2. The first-order valence-electron chi connectivity index (χ1n) is 7.88. The van der Waals surface area contributed by atoms with E-state index in [2.05, 4.69) is 10.6 Å². The Balaban J connectivity index is 1.44. The Morgan fingerprint density at radius 1 is 0.833 bits per heavy atom. The molecule has 0 amide bonds. The summed E-state index contributed by atoms with van der Waals surface area (Å²) < 4.78 is 0. The molecule has 0 radical (unpaired) electrons. The van der Waals surface area contributed by atoms with Gasteiger partial charge in [-0.3, -0.25) is 0 Å². The lowest BCUT2D eigenvalue weighted by Crippen LogP contribution is -2.47. The first kappa shape index (κ1) is 12.7. The summed E-state index contributed by atoms with van der Waals surface area (Å²) in [5.74, 6) is 1.90. The van der Waals surface area contributed by atoms with Gasteiger partial charge in [0.1, 0.15) is 0 Å². The van der Waals surface area contributed by atoms with Crippen molar-refractivity contribution in [1.29, 1.82) is 0 Å². The van der Waals surface area contributed by atoms with Crippen LogP contribution in [-0.2, 0) is 0 Å². The van der Waals surface area contributed by atoms with Gasteiger partial charge in [-0.25, -0.2) is 0 Å². The molecule has 2 bridgehead atoms. The van der Waals surface area contributed by atoms with E-state index in [9.17, 15) is 0 Å². The minimum absolute atomic E-state index is 0.631. The van der Waals surface area contributed by atoms with E-state index in [-0.39, 0.29) is 0 Å². The Hall–Kier alpha value is -0.310. The maximum Gasteiger partial charge on any atom is 0.166 e. The van der Waals surface area contributed by atoms with E-state index in [0.717, 1.165) is 16.9 Å². The molecule has 3 rings (SSSR count). The van der Waals surface area contributed by atoms with Gasteiger partial charge < -0.3 is 10.6 Å². The van der Waals surface area contributed by atoms with Gasteiger partial charge in [0.2, 0.25) is 0 Å². The zero-order valence-electron chi connectivity index (χ0n) is 11.3. The number of hydrogen-bond donors (Lipinski definition) is 2. The Morgan fingerprint density at radius 2 is 1.61 bits per heavy atom. The van der Waals surface area contributed by atoms with E-state index in [4.69, 9.17) is 12.2 Å². The topological polar surface area (TPSA) is 24.1 Å². The van der Waals surface area contributed by atoms with Crippen LogP contribution in [0.15, 0.2) is 0 Å². The van der Waals surface area contributed by atoms with Crippen LogP contribution in [0.5, 0.6) is 0 Å². The largest absolute Gasteiger partial charge is 0.360 e. The zero-order chi connectivity index (χ0) is 12.4. The predicted molar refractivity (Wildman–Crippen MR) is 79.6 cm³/mol. The average Bonchev–Trinajstić information content (AvgIpc) is 2.86. The standard InChI is InChI=1S/C15H26N2S/c18-15(16-13-5-3-1-2-4-6-13)17-14-10-11-7-8-12(14)9-11/h11-14H,1-10H2,(H2,16,17,18). The highest BCUT2D eigenvalue weighted by molar-refractivity contribution is 7.80. The molecular weight excluding hydrogens is 240 g/mol. The summed E-state index contributed by atoms with van der Waals surface area (Å²) in [6, 6.07) is 1.31. The van der Waals surface area contributed by atoms with Gasteiger partial charge >= 0.3 is 0 Å². The minimum Gasteiger partial charge on any atom is -0.360 e. The van der Waals surface area contributed by atoms with Gasteiger partial charge in [0.05, 0.1) is 0 Å². The van der Waals surface area contributed by atoms with E-state index >= 15 is 0 Å². The molecule has 3 unspecified atom stereocenters. The second kappa shape index (κ2) is 5.77. The molecule has 0 saturated heterocycles. The molecular formula is C15H26N2S. The van der Waals surface area contributed by atoms with Crippen molar-refractivity contribution in [1.82, 2.24) is 10.6 Å². The van der Waals surface area contributed by atoms with Crippen molar-refractivity contribution in [3.63, 3.8) is 0 Å². The highest BCUT2D eigenvalue weighted by Gasteiger charge is 2.39. The second-order valence-corrected chi connectivity index (χ2v) is 7.00. The fraction of sp³-hybridized carbons (Fsp3) is 0.933. The summed E-state index contributed by atoms with van der Waals surface area (Å²) >= 11 is 5.51. The van der Waals surface area contributed by atoms with Gasteiger partial charge in [0, 0.05) is 12.1 Å².